The fourth-order valence-corrected chi connectivity index (χ4v) is 4.67. The maximum Gasteiger partial charge on any atom is 0.266 e. The first-order valence-electron chi connectivity index (χ1n) is 8.88. The Morgan fingerprint density at radius 1 is 1.25 bits per heavy atom. The molecule has 0 unspecified atom stereocenters. The summed E-state index contributed by atoms with van der Waals surface area (Å²) in [5.41, 5.74) is 0.972. The SMILES string of the molecule is Cc1c(C(=O)Nc2ccc(Br)cc2F)sc2ncnc(N3CCN(C)CC3)c12. The Labute approximate surface area is 174 Å². The van der Waals surface area contributed by atoms with Gasteiger partial charge in [0.1, 0.15) is 22.8 Å². The summed E-state index contributed by atoms with van der Waals surface area (Å²) in [6, 6.07) is 4.55. The Bertz CT molecular complexity index is 1050. The Morgan fingerprint density at radius 3 is 2.71 bits per heavy atom. The first-order valence-corrected chi connectivity index (χ1v) is 10.5. The van der Waals surface area contributed by atoms with Gasteiger partial charge in [0.25, 0.3) is 5.91 Å². The highest BCUT2D eigenvalue weighted by molar-refractivity contribution is 9.10. The number of nitrogens with one attached hydrogen (secondary N) is 1. The lowest BCUT2D eigenvalue weighted by molar-refractivity contribution is 0.102. The number of amides is 1. The van der Waals surface area contributed by atoms with Gasteiger partial charge in [-0.3, -0.25) is 4.79 Å². The fourth-order valence-electron chi connectivity index (χ4n) is 3.30. The number of nitrogens with zero attached hydrogens (tertiary/aromatic N) is 4. The second-order valence-electron chi connectivity index (χ2n) is 6.80. The zero-order valence-corrected chi connectivity index (χ0v) is 17.9. The zero-order valence-electron chi connectivity index (χ0n) is 15.5. The van der Waals surface area contributed by atoms with Crippen LogP contribution in [0.5, 0.6) is 0 Å². The molecule has 0 bridgehead atoms. The molecule has 0 atom stereocenters. The normalized spacial score (nSPS) is 15.2. The van der Waals surface area contributed by atoms with E-state index in [0.717, 1.165) is 47.8 Å². The lowest BCUT2D eigenvalue weighted by atomic mass is 10.1. The Morgan fingerprint density at radius 2 is 2.00 bits per heavy atom. The fraction of sp³-hybridized carbons (Fsp3) is 0.316. The van der Waals surface area contributed by atoms with Crippen LogP contribution >= 0.6 is 27.3 Å². The minimum absolute atomic E-state index is 0.149. The van der Waals surface area contributed by atoms with Gasteiger partial charge in [-0.15, -0.1) is 11.3 Å². The molecule has 1 saturated heterocycles. The summed E-state index contributed by atoms with van der Waals surface area (Å²) in [5, 5.41) is 3.57. The minimum atomic E-state index is -0.487. The van der Waals surface area contributed by atoms with Crippen LogP contribution in [0.15, 0.2) is 29.0 Å². The lowest BCUT2D eigenvalue weighted by Gasteiger charge is -2.33. The van der Waals surface area contributed by atoms with Crippen molar-refractivity contribution in [3.05, 3.63) is 45.3 Å². The van der Waals surface area contributed by atoms with Crippen molar-refractivity contribution in [3.8, 4) is 0 Å². The molecule has 146 valence electrons. The number of rotatable bonds is 3. The summed E-state index contributed by atoms with van der Waals surface area (Å²) in [5.74, 6) is 0.0335. The number of thiophene rings is 1. The molecule has 1 fully saturated rings. The van der Waals surface area contributed by atoms with Crippen LogP contribution in [-0.4, -0.2) is 54.0 Å². The van der Waals surface area contributed by atoms with Crippen LogP contribution in [0.2, 0.25) is 0 Å². The summed E-state index contributed by atoms with van der Waals surface area (Å²) in [4.78, 5) is 27.5. The Balaban J connectivity index is 1.68. The predicted molar refractivity (Wildman–Crippen MR) is 114 cm³/mol. The summed E-state index contributed by atoms with van der Waals surface area (Å²) in [7, 11) is 2.10. The Hall–Kier alpha value is -2.10. The molecule has 3 aromatic rings. The van der Waals surface area contributed by atoms with Crippen LogP contribution in [0, 0.1) is 12.7 Å². The van der Waals surface area contributed by atoms with Gasteiger partial charge < -0.3 is 15.1 Å². The van der Waals surface area contributed by atoms with Gasteiger partial charge in [0.15, 0.2) is 0 Å². The summed E-state index contributed by atoms with van der Waals surface area (Å²) in [6.07, 6.45) is 1.54. The third kappa shape index (κ3) is 3.61. The molecule has 1 aliphatic heterocycles. The molecule has 3 heterocycles. The van der Waals surface area contributed by atoms with Crippen LogP contribution in [0.25, 0.3) is 10.2 Å². The van der Waals surface area contributed by atoms with Crippen molar-refractivity contribution in [2.45, 2.75) is 6.92 Å². The average molecular weight is 464 g/mol. The van der Waals surface area contributed by atoms with E-state index in [0.29, 0.717) is 9.35 Å². The number of aryl methyl sites for hydroxylation is 1. The second kappa shape index (κ2) is 7.73. The third-order valence-corrected chi connectivity index (χ3v) is 6.59. The van der Waals surface area contributed by atoms with E-state index in [1.807, 2.05) is 6.92 Å². The molecule has 0 aliphatic carbocycles. The molecule has 4 rings (SSSR count). The molecular formula is C19H19BrFN5OS. The first kappa shape index (κ1) is 19.2. The molecule has 2 aromatic heterocycles. The van der Waals surface area contributed by atoms with Crippen molar-refractivity contribution in [3.63, 3.8) is 0 Å². The number of fused-ring (bicyclic) bond motifs is 1. The topological polar surface area (TPSA) is 61.4 Å². The molecule has 0 spiro atoms. The van der Waals surface area contributed by atoms with E-state index in [2.05, 4.69) is 48.1 Å². The van der Waals surface area contributed by atoms with E-state index in [4.69, 9.17) is 0 Å². The van der Waals surface area contributed by atoms with E-state index < -0.39 is 5.82 Å². The van der Waals surface area contributed by atoms with Crippen molar-refractivity contribution in [2.75, 3.05) is 43.4 Å². The van der Waals surface area contributed by atoms with Crippen molar-refractivity contribution in [2.24, 2.45) is 0 Å². The number of halogens is 2. The van der Waals surface area contributed by atoms with Gasteiger partial charge in [-0.1, -0.05) is 15.9 Å². The van der Waals surface area contributed by atoms with Crippen molar-refractivity contribution in [1.82, 2.24) is 14.9 Å². The number of carbonyl (C=O) groups is 1. The van der Waals surface area contributed by atoms with Crippen LogP contribution in [0.1, 0.15) is 15.2 Å². The van der Waals surface area contributed by atoms with E-state index in [-0.39, 0.29) is 11.6 Å². The Kier molecular flexibility index (Phi) is 5.31. The molecule has 1 amide bonds. The molecule has 1 aliphatic rings. The summed E-state index contributed by atoms with van der Waals surface area (Å²) in [6.45, 7) is 5.58. The van der Waals surface area contributed by atoms with Gasteiger partial charge in [0.2, 0.25) is 0 Å². The molecule has 1 aromatic carbocycles. The maximum atomic E-state index is 14.1. The van der Waals surface area contributed by atoms with Gasteiger partial charge in [0.05, 0.1) is 16.0 Å². The monoisotopic (exact) mass is 463 g/mol. The molecule has 9 heteroatoms. The maximum absolute atomic E-state index is 14.1. The number of hydrogen-bond acceptors (Lipinski definition) is 6. The first-order chi connectivity index (χ1) is 13.4. The smallest absolute Gasteiger partial charge is 0.266 e. The number of anilines is 2. The second-order valence-corrected chi connectivity index (χ2v) is 8.72. The average Bonchev–Trinajstić information content (AvgIpc) is 3.02. The standard InChI is InChI=1S/C19H19BrFN5OS/c1-11-15-17(26-7-5-25(2)6-8-26)22-10-23-19(15)28-16(11)18(27)24-14-4-3-12(20)9-13(14)21/h3-4,9-10H,5-8H2,1-2H3,(H,24,27). The highest BCUT2D eigenvalue weighted by Crippen LogP contribution is 2.35. The number of carbonyl (C=O) groups excluding carboxylic acids is 1. The highest BCUT2D eigenvalue weighted by Gasteiger charge is 2.24. The minimum Gasteiger partial charge on any atom is -0.353 e. The van der Waals surface area contributed by atoms with Gasteiger partial charge in [-0.25, -0.2) is 14.4 Å². The molecule has 6 nitrogen and oxygen atoms in total. The molecule has 28 heavy (non-hydrogen) atoms. The molecule has 0 saturated carbocycles. The van der Waals surface area contributed by atoms with E-state index in [9.17, 15) is 9.18 Å². The lowest BCUT2D eigenvalue weighted by Crippen LogP contribution is -2.44. The van der Waals surface area contributed by atoms with Crippen LogP contribution in [0.3, 0.4) is 0 Å². The van der Waals surface area contributed by atoms with Gasteiger partial charge >= 0.3 is 0 Å². The number of aromatic nitrogens is 2. The third-order valence-electron chi connectivity index (χ3n) is 4.90. The van der Waals surface area contributed by atoms with Crippen molar-refractivity contribution in [1.29, 1.82) is 0 Å². The summed E-state index contributed by atoms with van der Waals surface area (Å²) < 4.78 is 14.7. The van der Waals surface area contributed by atoms with Crippen LogP contribution < -0.4 is 10.2 Å². The highest BCUT2D eigenvalue weighted by atomic mass is 79.9. The van der Waals surface area contributed by atoms with E-state index in [1.54, 1.807) is 12.4 Å². The quantitative estimate of drug-likeness (QED) is 0.637. The number of benzene rings is 1. The van der Waals surface area contributed by atoms with Crippen LogP contribution in [-0.2, 0) is 0 Å². The number of likely N-dealkylation sites (N-methyl/N-ethyl adjacent to an activating group) is 1. The number of piperazine rings is 1. The van der Waals surface area contributed by atoms with Crippen LogP contribution in [0.4, 0.5) is 15.9 Å². The van der Waals surface area contributed by atoms with Gasteiger partial charge in [-0.2, -0.15) is 0 Å². The summed E-state index contributed by atoms with van der Waals surface area (Å²) >= 11 is 4.53. The molecule has 0 radical (unpaired) electrons. The van der Waals surface area contributed by atoms with Crippen molar-refractivity contribution < 1.29 is 9.18 Å². The van der Waals surface area contributed by atoms with E-state index >= 15 is 0 Å². The van der Waals surface area contributed by atoms with Gasteiger partial charge in [-0.05, 0) is 37.7 Å². The molecular weight excluding hydrogens is 445 g/mol. The predicted octanol–water partition coefficient (Wildman–Crippen LogP) is 3.91. The zero-order chi connectivity index (χ0) is 19.8. The number of hydrogen-bond donors (Lipinski definition) is 1. The molecule has 1 N–H and O–H groups in total. The van der Waals surface area contributed by atoms with Gasteiger partial charge in [0, 0.05) is 30.7 Å². The van der Waals surface area contributed by atoms with E-state index in [1.165, 1.54) is 23.5 Å². The van der Waals surface area contributed by atoms with Crippen molar-refractivity contribution >= 4 is 54.9 Å². The largest absolute Gasteiger partial charge is 0.353 e.